The van der Waals surface area contributed by atoms with Gasteiger partial charge in [-0.05, 0) is 48.9 Å². The summed E-state index contributed by atoms with van der Waals surface area (Å²) in [4.78, 5) is 11.1. The van der Waals surface area contributed by atoms with E-state index in [1.54, 1.807) is 6.07 Å². The summed E-state index contributed by atoms with van der Waals surface area (Å²) in [5.74, 6) is -0.760. The molecule has 1 amide bonds. The third-order valence-corrected chi connectivity index (χ3v) is 5.13. The van der Waals surface area contributed by atoms with Gasteiger partial charge in [-0.15, -0.1) is 0 Å². The van der Waals surface area contributed by atoms with Gasteiger partial charge in [0.1, 0.15) is 0 Å². The van der Waals surface area contributed by atoms with Gasteiger partial charge in [0.2, 0.25) is 10.0 Å². The van der Waals surface area contributed by atoms with Gasteiger partial charge in [-0.2, -0.15) is 13.2 Å². The molecule has 2 aromatic carbocycles. The number of hydrogen-bond acceptors (Lipinski definition) is 4. The second kappa shape index (κ2) is 7.44. The third-order valence-electron chi connectivity index (χ3n) is 3.57. The summed E-state index contributed by atoms with van der Waals surface area (Å²) in [6, 6.07) is 8.21. The van der Waals surface area contributed by atoms with Gasteiger partial charge in [-0.3, -0.25) is 10.0 Å². The SMILES string of the molecule is C[C@@H](NS(=O)(=O)c1ccc(C(F)(F)F)cc1)c1cccc(C(=O)NO)c1. The van der Waals surface area contributed by atoms with Crippen LogP contribution in [0.1, 0.15) is 34.5 Å². The van der Waals surface area contributed by atoms with E-state index in [0.717, 1.165) is 12.1 Å². The minimum Gasteiger partial charge on any atom is -0.288 e. The molecule has 140 valence electrons. The summed E-state index contributed by atoms with van der Waals surface area (Å²) in [5, 5.41) is 8.64. The van der Waals surface area contributed by atoms with Crippen molar-refractivity contribution in [2.75, 3.05) is 0 Å². The smallest absolute Gasteiger partial charge is 0.288 e. The van der Waals surface area contributed by atoms with Gasteiger partial charge in [-0.1, -0.05) is 12.1 Å². The molecule has 0 aromatic heterocycles. The van der Waals surface area contributed by atoms with E-state index in [0.29, 0.717) is 17.7 Å². The molecule has 0 bridgehead atoms. The van der Waals surface area contributed by atoms with Crippen molar-refractivity contribution in [1.29, 1.82) is 0 Å². The lowest BCUT2D eigenvalue weighted by molar-refractivity contribution is -0.137. The first-order chi connectivity index (χ1) is 12.0. The van der Waals surface area contributed by atoms with Crippen molar-refractivity contribution in [2.24, 2.45) is 0 Å². The van der Waals surface area contributed by atoms with E-state index in [2.05, 4.69) is 4.72 Å². The second-order valence-electron chi connectivity index (χ2n) is 5.43. The van der Waals surface area contributed by atoms with Crippen molar-refractivity contribution in [2.45, 2.75) is 24.0 Å². The molecular weight excluding hydrogens is 373 g/mol. The number of hydrogen-bond donors (Lipinski definition) is 3. The second-order valence-corrected chi connectivity index (χ2v) is 7.15. The summed E-state index contributed by atoms with van der Waals surface area (Å²) in [7, 11) is -4.08. The Hall–Kier alpha value is -2.43. The van der Waals surface area contributed by atoms with Crippen LogP contribution in [0.5, 0.6) is 0 Å². The molecule has 6 nitrogen and oxygen atoms in total. The Kier molecular flexibility index (Phi) is 5.69. The maximum atomic E-state index is 12.6. The molecule has 3 N–H and O–H groups in total. The normalized spacial score (nSPS) is 13.3. The zero-order valence-electron chi connectivity index (χ0n) is 13.4. The number of sulfonamides is 1. The molecule has 0 radical (unpaired) electrons. The standard InChI is InChI=1S/C16H15F3N2O4S/c1-10(11-3-2-4-12(9-11)15(22)20-23)21-26(24,25)14-7-5-13(6-8-14)16(17,18)19/h2-10,21,23H,1H3,(H,20,22)/t10-/m1/s1. The van der Waals surface area contributed by atoms with Gasteiger partial charge < -0.3 is 0 Å². The maximum Gasteiger partial charge on any atom is 0.416 e. The predicted octanol–water partition coefficient (Wildman–Crippen LogP) is 2.86. The monoisotopic (exact) mass is 388 g/mol. The summed E-state index contributed by atoms with van der Waals surface area (Å²) in [6.07, 6.45) is -4.56. The average molecular weight is 388 g/mol. The van der Waals surface area contributed by atoms with Gasteiger partial charge in [0, 0.05) is 11.6 Å². The van der Waals surface area contributed by atoms with Crippen LogP contribution < -0.4 is 10.2 Å². The topological polar surface area (TPSA) is 95.5 Å². The van der Waals surface area contributed by atoms with Crippen LogP contribution in [-0.2, 0) is 16.2 Å². The van der Waals surface area contributed by atoms with E-state index < -0.39 is 33.7 Å². The lowest BCUT2D eigenvalue weighted by Crippen LogP contribution is -2.27. The average Bonchev–Trinajstić information content (AvgIpc) is 2.60. The highest BCUT2D eigenvalue weighted by Gasteiger charge is 2.30. The van der Waals surface area contributed by atoms with E-state index in [4.69, 9.17) is 5.21 Å². The van der Waals surface area contributed by atoms with Crippen LogP contribution in [0.15, 0.2) is 53.4 Å². The van der Waals surface area contributed by atoms with E-state index in [-0.39, 0.29) is 10.5 Å². The van der Waals surface area contributed by atoms with E-state index in [1.165, 1.54) is 30.6 Å². The number of alkyl halides is 3. The van der Waals surface area contributed by atoms with Crippen molar-refractivity contribution in [3.8, 4) is 0 Å². The molecule has 0 spiro atoms. The number of carbonyl (C=O) groups excluding carboxylic acids is 1. The van der Waals surface area contributed by atoms with Crippen LogP contribution in [0, 0.1) is 0 Å². The van der Waals surface area contributed by atoms with E-state index in [9.17, 15) is 26.4 Å². The summed E-state index contributed by atoms with van der Waals surface area (Å²) < 4.78 is 64.7. The van der Waals surface area contributed by atoms with Crippen molar-refractivity contribution in [1.82, 2.24) is 10.2 Å². The van der Waals surface area contributed by atoms with Crippen LogP contribution >= 0.6 is 0 Å². The lowest BCUT2D eigenvalue weighted by atomic mass is 10.1. The first kappa shape index (κ1) is 19.9. The van der Waals surface area contributed by atoms with Crippen molar-refractivity contribution in [3.05, 3.63) is 65.2 Å². The fourth-order valence-corrected chi connectivity index (χ4v) is 3.44. The minimum absolute atomic E-state index is 0.116. The largest absolute Gasteiger partial charge is 0.416 e. The zero-order chi connectivity index (χ0) is 19.5. The van der Waals surface area contributed by atoms with Crippen LogP contribution in [0.4, 0.5) is 13.2 Å². The van der Waals surface area contributed by atoms with Crippen molar-refractivity contribution in [3.63, 3.8) is 0 Å². The molecule has 0 aliphatic carbocycles. The minimum atomic E-state index is -4.56. The first-order valence-electron chi connectivity index (χ1n) is 7.28. The van der Waals surface area contributed by atoms with Gasteiger partial charge in [0.05, 0.1) is 10.5 Å². The highest BCUT2D eigenvalue weighted by atomic mass is 32.2. The molecule has 2 rings (SSSR count). The van der Waals surface area contributed by atoms with Crippen molar-refractivity contribution < 1.29 is 31.6 Å². The Morgan fingerprint density at radius 1 is 1.12 bits per heavy atom. The first-order valence-corrected chi connectivity index (χ1v) is 8.77. The van der Waals surface area contributed by atoms with Crippen molar-refractivity contribution >= 4 is 15.9 Å². The maximum absolute atomic E-state index is 12.6. The lowest BCUT2D eigenvalue weighted by Gasteiger charge is -2.16. The van der Waals surface area contributed by atoms with Gasteiger partial charge in [0.15, 0.2) is 0 Å². The zero-order valence-corrected chi connectivity index (χ0v) is 14.2. The number of amides is 1. The molecule has 0 heterocycles. The highest BCUT2D eigenvalue weighted by Crippen LogP contribution is 2.30. The number of rotatable bonds is 5. The molecule has 0 unspecified atom stereocenters. The Bertz CT molecular complexity index is 896. The number of nitrogens with one attached hydrogen (secondary N) is 2. The molecule has 0 aliphatic heterocycles. The van der Waals surface area contributed by atoms with Gasteiger partial charge in [-0.25, -0.2) is 18.6 Å². The molecule has 26 heavy (non-hydrogen) atoms. The summed E-state index contributed by atoms with van der Waals surface area (Å²) >= 11 is 0. The Morgan fingerprint density at radius 2 is 1.73 bits per heavy atom. The van der Waals surface area contributed by atoms with E-state index >= 15 is 0 Å². The summed E-state index contributed by atoms with van der Waals surface area (Å²) in [6.45, 7) is 1.51. The third kappa shape index (κ3) is 4.59. The quantitative estimate of drug-likeness (QED) is 0.542. The molecule has 2 aromatic rings. The van der Waals surface area contributed by atoms with E-state index in [1.807, 2.05) is 0 Å². The molecule has 10 heteroatoms. The number of benzene rings is 2. The fraction of sp³-hybridized carbons (Fsp3) is 0.188. The Labute approximate surface area is 147 Å². The van der Waals surface area contributed by atoms with Crippen LogP contribution in [0.3, 0.4) is 0 Å². The van der Waals surface area contributed by atoms with Crippen LogP contribution in [-0.4, -0.2) is 19.5 Å². The molecule has 0 saturated heterocycles. The van der Waals surface area contributed by atoms with Gasteiger partial charge in [0.25, 0.3) is 5.91 Å². The molecule has 1 atom stereocenters. The predicted molar refractivity (Wildman–Crippen MR) is 85.9 cm³/mol. The van der Waals surface area contributed by atoms with Crippen LogP contribution in [0.2, 0.25) is 0 Å². The molecule has 0 fully saturated rings. The molecule has 0 saturated carbocycles. The van der Waals surface area contributed by atoms with Gasteiger partial charge >= 0.3 is 6.18 Å². The molecule has 0 aliphatic rings. The number of halogens is 3. The fourth-order valence-electron chi connectivity index (χ4n) is 2.21. The number of hydroxylamine groups is 1. The highest BCUT2D eigenvalue weighted by molar-refractivity contribution is 7.89. The molecular formula is C16H15F3N2O4S. The Morgan fingerprint density at radius 3 is 2.27 bits per heavy atom. The summed E-state index contributed by atoms with van der Waals surface area (Å²) in [5.41, 5.74) is 1.07. The Balaban J connectivity index is 2.22. The van der Waals surface area contributed by atoms with Crippen LogP contribution in [0.25, 0.3) is 0 Å². The number of carbonyl (C=O) groups is 1.